The summed E-state index contributed by atoms with van der Waals surface area (Å²) in [5, 5.41) is 18.6. The molecule has 124 valence electrons. The van der Waals surface area contributed by atoms with Gasteiger partial charge >= 0.3 is 14.2 Å². The van der Waals surface area contributed by atoms with Crippen molar-refractivity contribution >= 4 is 25.2 Å². The number of hydrogen-bond donors (Lipinski definition) is 2. The van der Waals surface area contributed by atoms with E-state index in [9.17, 15) is 10.0 Å². The van der Waals surface area contributed by atoms with Gasteiger partial charge in [-0.15, -0.1) is 0 Å². The van der Waals surface area contributed by atoms with Gasteiger partial charge in [0.25, 0.3) is 0 Å². The van der Waals surface area contributed by atoms with Gasteiger partial charge in [-0.05, 0) is 46.3 Å². The summed E-state index contributed by atoms with van der Waals surface area (Å²) < 4.78 is 20.1. The summed E-state index contributed by atoms with van der Waals surface area (Å²) in [5.74, 6) is 1.60. The second-order valence-electron chi connectivity index (χ2n) is 5.46. The molecule has 0 saturated heterocycles. The van der Waals surface area contributed by atoms with Crippen LogP contribution in [0.25, 0.3) is 0 Å². The van der Waals surface area contributed by atoms with Crippen LogP contribution in [0.5, 0.6) is 11.5 Å². The van der Waals surface area contributed by atoms with Crippen LogP contribution in [0.15, 0.2) is 36.4 Å². The zero-order valence-corrected chi connectivity index (χ0v) is 13.6. The van der Waals surface area contributed by atoms with Gasteiger partial charge in [0.1, 0.15) is 11.5 Å². The minimum atomic E-state index is -0.758. The van der Waals surface area contributed by atoms with Crippen molar-refractivity contribution in [2.24, 2.45) is 0 Å². The molecule has 4 rings (SSSR count). The fourth-order valence-electron chi connectivity index (χ4n) is 2.67. The Bertz CT molecular complexity index is 662. The summed E-state index contributed by atoms with van der Waals surface area (Å²) in [7, 11) is 1.72. The van der Waals surface area contributed by atoms with Crippen LogP contribution in [0.2, 0.25) is 0 Å². The summed E-state index contributed by atoms with van der Waals surface area (Å²) in [5.41, 5.74) is 3.69. The standard InChI is InChI=1S/2C8H9BO3/c2*1-11-7-2-3-8-6(4-7)5-12-9(8)10/h2*2-4,10H,5H2,1H3. The molecular weight excluding hydrogens is 310 g/mol. The van der Waals surface area contributed by atoms with Gasteiger partial charge in [0, 0.05) is 0 Å². The van der Waals surface area contributed by atoms with Crippen LogP contribution in [0.3, 0.4) is 0 Å². The van der Waals surface area contributed by atoms with E-state index in [-0.39, 0.29) is 0 Å². The van der Waals surface area contributed by atoms with Gasteiger partial charge in [-0.3, -0.25) is 0 Å². The van der Waals surface area contributed by atoms with Gasteiger partial charge in [-0.1, -0.05) is 12.1 Å². The summed E-state index contributed by atoms with van der Waals surface area (Å²) in [4.78, 5) is 0. The van der Waals surface area contributed by atoms with Gasteiger partial charge in [0.2, 0.25) is 0 Å². The summed E-state index contributed by atoms with van der Waals surface area (Å²) in [6.07, 6.45) is 0. The van der Waals surface area contributed by atoms with E-state index in [2.05, 4.69) is 0 Å². The van der Waals surface area contributed by atoms with Gasteiger partial charge in [0.05, 0.1) is 27.4 Å². The lowest BCUT2D eigenvalue weighted by atomic mass is 9.80. The predicted molar refractivity (Wildman–Crippen MR) is 90.8 cm³/mol. The number of ether oxygens (including phenoxy) is 2. The molecule has 2 heterocycles. The summed E-state index contributed by atoms with van der Waals surface area (Å²) in [6.45, 7) is 0.932. The number of hydrogen-bond acceptors (Lipinski definition) is 6. The van der Waals surface area contributed by atoms with Crippen molar-refractivity contribution in [3.8, 4) is 11.5 Å². The molecule has 0 saturated carbocycles. The first kappa shape index (κ1) is 16.9. The molecule has 0 unspecified atom stereocenters. The number of methoxy groups -OCH3 is 2. The molecule has 0 aromatic heterocycles. The average Bonchev–Trinajstić information content (AvgIpc) is 3.18. The van der Waals surface area contributed by atoms with Crippen molar-refractivity contribution < 1.29 is 28.8 Å². The maximum absolute atomic E-state index is 9.28. The van der Waals surface area contributed by atoms with Crippen molar-refractivity contribution in [2.45, 2.75) is 13.2 Å². The molecule has 2 aromatic rings. The fourth-order valence-corrected chi connectivity index (χ4v) is 2.67. The molecule has 2 aliphatic rings. The topological polar surface area (TPSA) is 77.4 Å². The van der Waals surface area contributed by atoms with Crippen LogP contribution in [-0.2, 0) is 22.5 Å². The minimum absolute atomic E-state index is 0.466. The van der Waals surface area contributed by atoms with Gasteiger partial charge in [0.15, 0.2) is 0 Å². The van der Waals surface area contributed by atoms with Crippen LogP contribution in [-0.4, -0.2) is 38.5 Å². The molecule has 0 atom stereocenters. The zero-order valence-electron chi connectivity index (χ0n) is 13.6. The van der Waals surface area contributed by atoms with E-state index in [1.54, 1.807) is 14.2 Å². The van der Waals surface area contributed by atoms with E-state index < -0.39 is 14.2 Å². The lowest BCUT2D eigenvalue weighted by molar-refractivity contribution is 0.274. The minimum Gasteiger partial charge on any atom is -0.497 e. The Labute approximate surface area is 141 Å². The zero-order chi connectivity index (χ0) is 17.1. The van der Waals surface area contributed by atoms with E-state index in [1.165, 1.54) is 0 Å². The van der Waals surface area contributed by atoms with Crippen molar-refractivity contribution in [1.82, 2.24) is 0 Å². The summed E-state index contributed by atoms with van der Waals surface area (Å²) in [6, 6.07) is 11.0. The Morgan fingerprint density at radius 2 is 1.21 bits per heavy atom. The molecule has 0 aliphatic carbocycles. The Hall–Kier alpha value is -1.99. The third-order valence-corrected chi connectivity index (χ3v) is 4.03. The molecular formula is C16H18B2O6. The molecule has 0 fully saturated rings. The molecule has 0 radical (unpaired) electrons. The SMILES string of the molecule is COc1ccc2c(c1)COB2O.COc1ccc2c(c1)COB2O. The van der Waals surface area contributed by atoms with Gasteiger partial charge in [-0.25, -0.2) is 0 Å². The Balaban J connectivity index is 0.000000141. The number of fused-ring (bicyclic) bond motifs is 2. The quantitative estimate of drug-likeness (QED) is 0.746. The normalized spacial score (nSPS) is 14.7. The Kier molecular flexibility index (Phi) is 5.11. The van der Waals surface area contributed by atoms with Crippen LogP contribution < -0.4 is 20.4 Å². The predicted octanol–water partition coefficient (Wildman–Crippen LogP) is -0.174. The molecule has 6 nitrogen and oxygen atoms in total. The molecule has 2 N–H and O–H groups in total. The monoisotopic (exact) mass is 328 g/mol. The first-order valence-corrected chi connectivity index (χ1v) is 7.55. The molecule has 0 amide bonds. The highest BCUT2D eigenvalue weighted by Crippen LogP contribution is 2.17. The average molecular weight is 328 g/mol. The first-order valence-electron chi connectivity index (χ1n) is 7.55. The van der Waals surface area contributed by atoms with E-state index in [1.807, 2.05) is 36.4 Å². The van der Waals surface area contributed by atoms with E-state index in [0.717, 1.165) is 33.6 Å². The van der Waals surface area contributed by atoms with Crippen molar-refractivity contribution in [2.75, 3.05) is 14.2 Å². The maximum Gasteiger partial charge on any atom is 0.491 e. The lowest BCUT2D eigenvalue weighted by Gasteiger charge is -2.01. The maximum atomic E-state index is 9.28. The second-order valence-corrected chi connectivity index (χ2v) is 5.46. The van der Waals surface area contributed by atoms with Gasteiger partial charge < -0.3 is 28.8 Å². The van der Waals surface area contributed by atoms with E-state index in [0.29, 0.717) is 13.2 Å². The van der Waals surface area contributed by atoms with Crippen molar-refractivity contribution in [3.63, 3.8) is 0 Å². The van der Waals surface area contributed by atoms with E-state index >= 15 is 0 Å². The van der Waals surface area contributed by atoms with Crippen molar-refractivity contribution in [3.05, 3.63) is 47.5 Å². The Morgan fingerprint density at radius 1 is 0.792 bits per heavy atom. The molecule has 2 aromatic carbocycles. The van der Waals surface area contributed by atoms with Crippen LogP contribution in [0.4, 0.5) is 0 Å². The molecule has 24 heavy (non-hydrogen) atoms. The van der Waals surface area contributed by atoms with E-state index in [4.69, 9.17) is 18.8 Å². The highest BCUT2D eigenvalue weighted by atomic mass is 16.5. The van der Waals surface area contributed by atoms with Crippen LogP contribution in [0, 0.1) is 0 Å². The third-order valence-electron chi connectivity index (χ3n) is 4.03. The lowest BCUT2D eigenvalue weighted by Crippen LogP contribution is -2.27. The molecule has 8 heteroatoms. The highest BCUT2D eigenvalue weighted by Gasteiger charge is 2.27. The largest absolute Gasteiger partial charge is 0.497 e. The number of rotatable bonds is 2. The highest BCUT2D eigenvalue weighted by molar-refractivity contribution is 6.61. The first-order chi connectivity index (χ1) is 11.6. The Morgan fingerprint density at radius 3 is 1.58 bits per heavy atom. The van der Waals surface area contributed by atoms with Crippen LogP contribution >= 0.6 is 0 Å². The summed E-state index contributed by atoms with van der Waals surface area (Å²) >= 11 is 0. The molecule has 0 bridgehead atoms. The smallest absolute Gasteiger partial charge is 0.491 e. The second kappa shape index (κ2) is 7.27. The fraction of sp³-hybridized carbons (Fsp3) is 0.250. The number of benzene rings is 2. The molecule has 0 spiro atoms. The van der Waals surface area contributed by atoms with Gasteiger partial charge in [-0.2, -0.15) is 0 Å². The molecule has 2 aliphatic heterocycles. The third kappa shape index (κ3) is 3.42. The van der Waals surface area contributed by atoms with Crippen molar-refractivity contribution in [1.29, 1.82) is 0 Å². The van der Waals surface area contributed by atoms with Crippen LogP contribution in [0.1, 0.15) is 11.1 Å².